The zero-order chi connectivity index (χ0) is 15.7. The van der Waals surface area contributed by atoms with Crippen molar-refractivity contribution in [2.75, 3.05) is 6.54 Å². The van der Waals surface area contributed by atoms with Gasteiger partial charge in [-0.25, -0.2) is 4.79 Å². The molecule has 0 radical (unpaired) electrons. The van der Waals surface area contributed by atoms with Gasteiger partial charge in [0.25, 0.3) is 0 Å². The van der Waals surface area contributed by atoms with Crippen molar-refractivity contribution in [2.24, 2.45) is 11.8 Å². The average molecular weight is 310 g/mol. The highest BCUT2D eigenvalue weighted by Crippen LogP contribution is 2.36. The highest BCUT2D eigenvalue weighted by Gasteiger charge is 2.45. The molecule has 0 bridgehead atoms. The Kier molecular flexibility index (Phi) is 7.67. The van der Waals surface area contributed by atoms with E-state index in [0.29, 0.717) is 5.92 Å². The quantitative estimate of drug-likeness (QED) is 0.761. The molecule has 4 nitrogen and oxygen atoms in total. The maximum absolute atomic E-state index is 12.6. The Morgan fingerprint density at radius 2 is 1.41 bits per heavy atom. The largest absolute Gasteiger partial charge is 0.372 e. The topological polar surface area (TPSA) is 64.3 Å². The van der Waals surface area contributed by atoms with E-state index in [4.69, 9.17) is 10.7 Å². The van der Waals surface area contributed by atoms with Gasteiger partial charge in [-0.05, 0) is 38.1 Å². The van der Waals surface area contributed by atoms with E-state index < -0.39 is 5.54 Å². The Labute approximate surface area is 135 Å². The van der Waals surface area contributed by atoms with Gasteiger partial charge in [0.1, 0.15) is 5.54 Å². The highest BCUT2D eigenvalue weighted by molar-refractivity contribution is 5.81. The lowest BCUT2D eigenvalue weighted by atomic mass is 9.74. The molecule has 1 aliphatic carbocycles. The molecule has 1 heterocycles. The molecule has 0 aromatic rings. The smallest absolute Gasteiger partial charge is 0.345 e. The van der Waals surface area contributed by atoms with Crippen LogP contribution in [0.2, 0.25) is 0 Å². The second-order valence-electron chi connectivity index (χ2n) is 7.22. The van der Waals surface area contributed by atoms with E-state index >= 15 is 0 Å². The predicted molar refractivity (Wildman–Crippen MR) is 89.1 cm³/mol. The van der Waals surface area contributed by atoms with Crippen LogP contribution in [0, 0.1) is 5.92 Å². The molecule has 1 unspecified atom stereocenters. The van der Waals surface area contributed by atoms with Crippen LogP contribution in [0.4, 0.5) is 0 Å². The van der Waals surface area contributed by atoms with Crippen molar-refractivity contribution in [3.05, 3.63) is 0 Å². The second-order valence-corrected chi connectivity index (χ2v) is 7.22. The normalized spacial score (nSPS) is 30.0. The van der Waals surface area contributed by atoms with E-state index in [1.807, 2.05) is 0 Å². The van der Waals surface area contributed by atoms with E-state index in [9.17, 15) is 4.79 Å². The molecule has 0 amide bonds. The van der Waals surface area contributed by atoms with Crippen LogP contribution in [0.1, 0.15) is 89.9 Å². The summed E-state index contributed by atoms with van der Waals surface area (Å²) in [4.78, 5) is 17.4. The first kappa shape index (κ1) is 17.7. The van der Waals surface area contributed by atoms with Crippen molar-refractivity contribution in [3.63, 3.8) is 0 Å². The fourth-order valence-electron chi connectivity index (χ4n) is 4.38. The highest BCUT2D eigenvalue weighted by atomic mass is 16.7. The Hall–Kier alpha value is -0.610. The third kappa shape index (κ3) is 4.69. The van der Waals surface area contributed by atoms with Crippen LogP contribution >= 0.6 is 0 Å². The monoisotopic (exact) mass is 310 g/mol. The molecule has 4 heteroatoms. The summed E-state index contributed by atoms with van der Waals surface area (Å²) in [6.45, 7) is 0.908. The van der Waals surface area contributed by atoms with E-state index in [1.54, 1.807) is 0 Å². The van der Waals surface area contributed by atoms with Crippen molar-refractivity contribution >= 4 is 5.97 Å². The van der Waals surface area contributed by atoms with Gasteiger partial charge in [-0.2, -0.15) is 5.90 Å². The van der Waals surface area contributed by atoms with E-state index in [-0.39, 0.29) is 5.97 Å². The van der Waals surface area contributed by atoms with Gasteiger partial charge in [0.15, 0.2) is 0 Å². The zero-order valence-electron chi connectivity index (χ0n) is 14.1. The van der Waals surface area contributed by atoms with Gasteiger partial charge in [-0.3, -0.25) is 0 Å². The van der Waals surface area contributed by atoms with Crippen LogP contribution in [0.15, 0.2) is 0 Å². The van der Waals surface area contributed by atoms with Crippen LogP contribution in [0.3, 0.4) is 0 Å². The van der Waals surface area contributed by atoms with Crippen molar-refractivity contribution in [1.29, 1.82) is 0 Å². The van der Waals surface area contributed by atoms with E-state index in [1.165, 1.54) is 57.8 Å². The molecular weight excluding hydrogens is 276 g/mol. The lowest BCUT2D eigenvalue weighted by Crippen LogP contribution is -2.59. The Morgan fingerprint density at radius 3 is 2.05 bits per heavy atom. The number of carbonyl (C=O) groups excluding carboxylic acids is 1. The molecule has 1 atom stereocenters. The summed E-state index contributed by atoms with van der Waals surface area (Å²) in [6.07, 6.45) is 16.9. The Morgan fingerprint density at radius 1 is 0.864 bits per heavy atom. The SMILES string of the molecule is NOC(=O)C1(C2CCCCCCCC2)CCCCCCCN1. The fourth-order valence-corrected chi connectivity index (χ4v) is 4.38. The summed E-state index contributed by atoms with van der Waals surface area (Å²) in [5.41, 5.74) is -0.538. The van der Waals surface area contributed by atoms with Gasteiger partial charge in [-0.15, -0.1) is 0 Å². The number of hydrogen-bond donors (Lipinski definition) is 2. The molecule has 2 aliphatic rings. The maximum atomic E-state index is 12.6. The van der Waals surface area contributed by atoms with Gasteiger partial charge in [0, 0.05) is 0 Å². The van der Waals surface area contributed by atoms with Crippen LogP contribution in [0.5, 0.6) is 0 Å². The fraction of sp³-hybridized carbons (Fsp3) is 0.944. The van der Waals surface area contributed by atoms with Crippen LogP contribution in [0.25, 0.3) is 0 Å². The van der Waals surface area contributed by atoms with Gasteiger partial charge in [-0.1, -0.05) is 64.2 Å². The van der Waals surface area contributed by atoms with Gasteiger partial charge in [0.05, 0.1) is 0 Å². The van der Waals surface area contributed by atoms with Crippen molar-refractivity contribution in [3.8, 4) is 0 Å². The van der Waals surface area contributed by atoms with Crippen LogP contribution in [-0.2, 0) is 9.63 Å². The summed E-state index contributed by atoms with van der Waals surface area (Å²) in [7, 11) is 0. The molecule has 22 heavy (non-hydrogen) atoms. The van der Waals surface area contributed by atoms with Gasteiger partial charge < -0.3 is 10.2 Å². The minimum Gasteiger partial charge on any atom is -0.372 e. The van der Waals surface area contributed by atoms with Crippen molar-refractivity contribution < 1.29 is 9.63 Å². The summed E-state index contributed by atoms with van der Waals surface area (Å²) in [5, 5.41) is 3.61. The molecule has 0 aromatic carbocycles. The maximum Gasteiger partial charge on any atom is 0.345 e. The van der Waals surface area contributed by atoms with Gasteiger partial charge in [0.2, 0.25) is 0 Å². The molecule has 2 fully saturated rings. The zero-order valence-corrected chi connectivity index (χ0v) is 14.1. The summed E-state index contributed by atoms with van der Waals surface area (Å²) >= 11 is 0. The third-order valence-electron chi connectivity index (χ3n) is 5.71. The van der Waals surface area contributed by atoms with E-state index in [0.717, 1.165) is 38.6 Å². The molecule has 1 saturated carbocycles. The first-order valence-corrected chi connectivity index (χ1v) is 9.46. The number of nitrogens with one attached hydrogen (secondary N) is 1. The molecule has 1 saturated heterocycles. The van der Waals surface area contributed by atoms with Crippen LogP contribution < -0.4 is 11.2 Å². The van der Waals surface area contributed by atoms with Crippen molar-refractivity contribution in [1.82, 2.24) is 5.32 Å². The number of rotatable bonds is 2. The van der Waals surface area contributed by atoms with E-state index in [2.05, 4.69) is 5.32 Å². The first-order chi connectivity index (χ1) is 10.8. The lowest BCUT2D eigenvalue weighted by molar-refractivity contribution is -0.156. The van der Waals surface area contributed by atoms with Gasteiger partial charge >= 0.3 is 5.97 Å². The number of nitrogens with two attached hydrogens (primary N) is 1. The molecule has 0 spiro atoms. The Balaban J connectivity index is 2.17. The summed E-state index contributed by atoms with van der Waals surface area (Å²) in [6, 6.07) is 0. The summed E-state index contributed by atoms with van der Waals surface area (Å²) < 4.78 is 0. The minimum absolute atomic E-state index is 0.223. The Bertz CT molecular complexity index is 313. The minimum atomic E-state index is -0.538. The molecule has 1 aliphatic heterocycles. The molecule has 2 rings (SSSR count). The first-order valence-electron chi connectivity index (χ1n) is 9.46. The average Bonchev–Trinajstić information content (AvgIpc) is 2.76. The second kappa shape index (κ2) is 9.51. The number of hydrogen-bond acceptors (Lipinski definition) is 4. The van der Waals surface area contributed by atoms with Crippen molar-refractivity contribution in [2.45, 2.75) is 95.4 Å². The summed E-state index contributed by atoms with van der Waals surface area (Å²) in [5.74, 6) is 5.49. The standard InChI is InChI=1S/C18H34N2O2/c19-22-17(21)18(14-10-6-3-7-11-15-20-18)16-12-8-4-1-2-5-9-13-16/h16,20H,1-15,19H2. The predicted octanol–water partition coefficient (Wildman–Crippen LogP) is 3.84. The van der Waals surface area contributed by atoms with Crippen LogP contribution in [-0.4, -0.2) is 18.1 Å². The number of carbonyl (C=O) groups is 1. The molecule has 3 N–H and O–H groups in total. The molecular formula is C18H34N2O2. The molecule has 0 aromatic heterocycles. The molecule has 128 valence electrons. The lowest BCUT2D eigenvalue weighted by Gasteiger charge is -2.39. The third-order valence-corrected chi connectivity index (χ3v) is 5.71.